The minimum Gasteiger partial charge on any atom is -0.492 e. The molecule has 0 spiro atoms. The van der Waals surface area contributed by atoms with Crippen molar-refractivity contribution in [1.82, 2.24) is 41.2 Å². The molecule has 0 saturated carbocycles. The number of benzene rings is 1. The zero-order chi connectivity index (χ0) is 34.3. The Balaban J connectivity index is 1.68. The van der Waals surface area contributed by atoms with Gasteiger partial charge in [-0.2, -0.15) is 0 Å². The highest BCUT2D eigenvalue weighted by molar-refractivity contribution is 5.96. The SMILES string of the molecule is CN[C@@H](C)C(=O)N[C@H]1Cc2cn(nn2)CCOc2ccc(cc2)C[C@@H](C(=O)OC)NC(=O)C(C(C)(C)C)NC(=O)[C@@H]2CCCN2C1=O. The van der Waals surface area contributed by atoms with Crippen LogP contribution in [-0.2, 0) is 48.1 Å². The number of likely N-dealkylation sites (N-methyl/N-ethyl adjacent to an activating group) is 1. The Morgan fingerprint density at radius 2 is 1.79 bits per heavy atom. The number of methoxy groups -OCH3 is 1. The van der Waals surface area contributed by atoms with E-state index in [2.05, 4.69) is 31.6 Å². The minimum absolute atomic E-state index is 0.0517. The topological polar surface area (TPSA) is 186 Å². The van der Waals surface area contributed by atoms with Gasteiger partial charge in [0.25, 0.3) is 0 Å². The molecule has 4 N–H and O–H groups in total. The molecule has 3 aliphatic rings. The normalized spacial score (nSPS) is 23.7. The fraction of sp³-hybridized carbons (Fsp3) is 0.594. The number of amides is 4. The lowest BCUT2D eigenvalue weighted by molar-refractivity contribution is -0.146. The molecule has 1 unspecified atom stereocenters. The van der Waals surface area contributed by atoms with Gasteiger partial charge in [0.2, 0.25) is 23.6 Å². The van der Waals surface area contributed by atoms with E-state index >= 15 is 0 Å². The van der Waals surface area contributed by atoms with Crippen LogP contribution in [0.4, 0.5) is 0 Å². The summed E-state index contributed by atoms with van der Waals surface area (Å²) >= 11 is 0. The molecule has 5 rings (SSSR count). The van der Waals surface area contributed by atoms with E-state index in [0.29, 0.717) is 37.4 Å². The van der Waals surface area contributed by atoms with Gasteiger partial charge in [-0.1, -0.05) is 38.1 Å². The van der Waals surface area contributed by atoms with Crippen LogP contribution in [-0.4, -0.2) is 107 Å². The van der Waals surface area contributed by atoms with Gasteiger partial charge in [0, 0.05) is 25.6 Å². The second kappa shape index (κ2) is 15.4. The number of ether oxygens (including phenoxy) is 2. The van der Waals surface area contributed by atoms with Gasteiger partial charge in [-0.05, 0) is 49.9 Å². The van der Waals surface area contributed by atoms with E-state index in [1.807, 2.05) is 0 Å². The van der Waals surface area contributed by atoms with Crippen molar-refractivity contribution in [2.45, 2.75) is 90.1 Å². The molecule has 3 aliphatic heterocycles. The number of fused-ring (bicyclic) bond motifs is 12. The average Bonchev–Trinajstić information content (AvgIpc) is 3.71. The Bertz CT molecular complexity index is 1440. The molecule has 1 fully saturated rings. The van der Waals surface area contributed by atoms with Crippen LogP contribution in [0.2, 0.25) is 0 Å². The van der Waals surface area contributed by atoms with E-state index < -0.39 is 59.3 Å². The van der Waals surface area contributed by atoms with Crippen LogP contribution in [0.25, 0.3) is 0 Å². The first-order valence-electron chi connectivity index (χ1n) is 15.9. The van der Waals surface area contributed by atoms with Crippen molar-refractivity contribution in [3.63, 3.8) is 0 Å². The maximum Gasteiger partial charge on any atom is 0.328 e. The molecule has 15 heteroatoms. The van der Waals surface area contributed by atoms with Crippen LogP contribution in [0.15, 0.2) is 30.5 Å². The number of aromatic nitrogens is 3. The number of nitrogens with one attached hydrogen (secondary N) is 4. The van der Waals surface area contributed by atoms with Gasteiger partial charge in [0.15, 0.2) is 0 Å². The Morgan fingerprint density at radius 1 is 1.06 bits per heavy atom. The van der Waals surface area contributed by atoms with E-state index in [1.165, 1.54) is 12.0 Å². The summed E-state index contributed by atoms with van der Waals surface area (Å²) in [5.41, 5.74) is 0.488. The van der Waals surface area contributed by atoms with Crippen LogP contribution in [0.3, 0.4) is 0 Å². The summed E-state index contributed by atoms with van der Waals surface area (Å²) in [5, 5.41) is 19.7. The first-order valence-corrected chi connectivity index (χ1v) is 15.9. The highest BCUT2D eigenvalue weighted by atomic mass is 16.5. The van der Waals surface area contributed by atoms with E-state index in [-0.39, 0.29) is 25.4 Å². The lowest BCUT2D eigenvalue weighted by atomic mass is 9.85. The zero-order valence-corrected chi connectivity index (χ0v) is 27.9. The number of hydrogen-bond donors (Lipinski definition) is 4. The summed E-state index contributed by atoms with van der Waals surface area (Å²) in [6.07, 6.45) is 2.83. The van der Waals surface area contributed by atoms with E-state index in [0.717, 1.165) is 5.56 Å². The lowest BCUT2D eigenvalue weighted by Crippen LogP contribution is -2.61. The molecular weight excluding hydrogens is 608 g/mol. The fourth-order valence-corrected chi connectivity index (χ4v) is 5.60. The molecular formula is C32H46N8O7. The molecule has 1 aromatic carbocycles. The maximum atomic E-state index is 14.0. The minimum atomic E-state index is -1.05. The van der Waals surface area contributed by atoms with Gasteiger partial charge in [-0.15, -0.1) is 5.10 Å². The number of rotatable bonds is 4. The van der Waals surface area contributed by atoms with Crippen LogP contribution >= 0.6 is 0 Å². The second-order valence-electron chi connectivity index (χ2n) is 13.0. The highest BCUT2D eigenvalue weighted by Crippen LogP contribution is 2.24. The van der Waals surface area contributed by atoms with Gasteiger partial charge >= 0.3 is 5.97 Å². The second-order valence-corrected chi connectivity index (χ2v) is 13.0. The van der Waals surface area contributed by atoms with Gasteiger partial charge in [-0.25, -0.2) is 9.48 Å². The van der Waals surface area contributed by atoms with E-state index in [9.17, 15) is 24.0 Å². The number of carbonyl (C=O) groups is 5. The molecule has 4 amide bonds. The molecule has 47 heavy (non-hydrogen) atoms. The average molecular weight is 655 g/mol. The summed E-state index contributed by atoms with van der Waals surface area (Å²) < 4.78 is 12.5. The smallest absolute Gasteiger partial charge is 0.328 e. The van der Waals surface area contributed by atoms with Crippen LogP contribution in [0, 0.1) is 5.41 Å². The van der Waals surface area contributed by atoms with Crippen molar-refractivity contribution in [2.24, 2.45) is 5.41 Å². The van der Waals surface area contributed by atoms with Gasteiger partial charge in [0.1, 0.15) is 36.5 Å². The Morgan fingerprint density at radius 3 is 2.45 bits per heavy atom. The van der Waals surface area contributed by atoms with Crippen LogP contribution in [0.5, 0.6) is 5.75 Å². The van der Waals surface area contributed by atoms with Crippen molar-refractivity contribution < 1.29 is 33.4 Å². The first kappa shape index (κ1) is 35.3. The van der Waals surface area contributed by atoms with Gasteiger partial charge < -0.3 is 35.6 Å². The van der Waals surface area contributed by atoms with Crippen LogP contribution < -0.4 is 26.0 Å². The molecule has 2 aromatic rings. The van der Waals surface area contributed by atoms with Crippen molar-refractivity contribution >= 4 is 29.6 Å². The van der Waals surface area contributed by atoms with Crippen molar-refractivity contribution in [1.29, 1.82) is 0 Å². The molecule has 0 aliphatic carbocycles. The van der Waals surface area contributed by atoms with Crippen molar-refractivity contribution in [3.8, 4) is 5.75 Å². The molecule has 256 valence electrons. The molecule has 15 nitrogen and oxygen atoms in total. The molecule has 0 radical (unpaired) electrons. The predicted molar refractivity (Wildman–Crippen MR) is 170 cm³/mol. The van der Waals surface area contributed by atoms with Crippen molar-refractivity contribution in [3.05, 3.63) is 41.7 Å². The Labute approximate surface area is 274 Å². The Hall–Kier alpha value is -4.53. The third-order valence-electron chi connectivity index (χ3n) is 8.45. The fourth-order valence-electron chi connectivity index (χ4n) is 5.60. The van der Waals surface area contributed by atoms with Crippen LogP contribution in [0.1, 0.15) is 51.8 Å². The number of hydrogen-bond acceptors (Lipinski definition) is 10. The molecule has 1 saturated heterocycles. The standard InChI is InChI=1S/C32H46N8O7/c1-19(33-5)27(41)34-23-17-21-18-39(38-37-21)14-15-47-22-11-9-20(10-12-22)16-24(31(45)46-6)35-29(43)26(32(2,3)4)36-28(42)25-8-7-13-40(25)30(23)44/h9-12,18-19,23-26,33H,7-8,13-17H2,1-6H3,(H,34,41)(H,35,43)(H,36,42)/t19-,23-,24-,25-,26?/m0/s1. The summed E-state index contributed by atoms with van der Waals surface area (Å²) in [6.45, 7) is 8.02. The summed E-state index contributed by atoms with van der Waals surface area (Å²) in [6, 6.07) is 2.60. The van der Waals surface area contributed by atoms with Gasteiger partial charge in [0.05, 0.1) is 25.4 Å². The maximum absolute atomic E-state index is 14.0. The highest BCUT2D eigenvalue weighted by Gasteiger charge is 2.42. The predicted octanol–water partition coefficient (Wildman–Crippen LogP) is -0.272. The van der Waals surface area contributed by atoms with Gasteiger partial charge in [-0.3, -0.25) is 19.2 Å². The molecule has 5 atom stereocenters. The largest absolute Gasteiger partial charge is 0.492 e. The zero-order valence-electron chi connectivity index (χ0n) is 27.9. The monoisotopic (exact) mass is 654 g/mol. The number of esters is 1. The summed E-state index contributed by atoms with van der Waals surface area (Å²) in [7, 11) is 2.89. The van der Waals surface area contributed by atoms with E-state index in [4.69, 9.17) is 9.47 Å². The third kappa shape index (κ3) is 9.05. The summed E-state index contributed by atoms with van der Waals surface area (Å²) in [5.74, 6) is -1.93. The first-order chi connectivity index (χ1) is 22.3. The molecule has 4 bridgehead atoms. The summed E-state index contributed by atoms with van der Waals surface area (Å²) in [4.78, 5) is 68.7. The van der Waals surface area contributed by atoms with Crippen molar-refractivity contribution in [2.75, 3.05) is 27.3 Å². The Kier molecular flexibility index (Phi) is 11.6. The lowest BCUT2D eigenvalue weighted by Gasteiger charge is -2.34. The number of carbonyl (C=O) groups excluding carboxylic acids is 5. The third-order valence-corrected chi connectivity index (χ3v) is 8.45. The molecule has 4 heterocycles. The molecule has 1 aromatic heterocycles. The van der Waals surface area contributed by atoms with E-state index in [1.54, 1.807) is 69.9 Å². The number of nitrogens with zero attached hydrogens (tertiary/aromatic N) is 4. The quantitative estimate of drug-likeness (QED) is 0.320.